The number of aliphatic hydroxyl groups is 3. The molecular weight excluding hydrogens is 230 g/mol. The smallest absolute Gasteiger partial charge is 0.104 e. The molecule has 0 aromatic rings. The van der Waals surface area contributed by atoms with E-state index in [0.29, 0.717) is 0 Å². The number of rotatable bonds is 1. The van der Waals surface area contributed by atoms with Gasteiger partial charge in [-0.1, -0.05) is 0 Å². The maximum absolute atomic E-state index is 8.56. The molecule has 1 unspecified atom stereocenters. The van der Waals surface area contributed by atoms with Crippen molar-refractivity contribution in [2.45, 2.75) is 53.1 Å². The second kappa shape index (κ2) is 17.0. The zero-order chi connectivity index (χ0) is 12.3. The van der Waals surface area contributed by atoms with Crippen LogP contribution in [0.3, 0.4) is 0 Å². The van der Waals surface area contributed by atoms with Crippen LogP contribution in [0.2, 0.25) is 0 Å². The van der Waals surface area contributed by atoms with Gasteiger partial charge in [0.1, 0.15) is 6.23 Å². The summed E-state index contributed by atoms with van der Waals surface area (Å²) in [5.74, 6) is 0. The van der Waals surface area contributed by atoms with Gasteiger partial charge in [-0.05, 0) is 48.7 Å². The Labute approximate surface area is 109 Å². The van der Waals surface area contributed by atoms with Crippen LogP contribution in [0.15, 0.2) is 0 Å². The maximum Gasteiger partial charge on any atom is 0.104 e. The van der Waals surface area contributed by atoms with E-state index in [-0.39, 0.29) is 40.2 Å². The normalized spacial score (nSPS) is 11.0. The third-order valence-electron chi connectivity index (χ3n) is 0.747. The van der Waals surface area contributed by atoms with Gasteiger partial charge in [-0.25, -0.2) is 0 Å². The molecule has 0 rings (SSSR count). The summed E-state index contributed by atoms with van der Waals surface area (Å²) >= 11 is 0. The van der Waals surface area contributed by atoms with Gasteiger partial charge in [0.2, 0.25) is 0 Å². The minimum absolute atomic E-state index is 0. The molecule has 5 heteroatoms. The molecule has 0 aliphatic carbocycles. The average Bonchev–Trinajstić information content (AvgIpc) is 1.83. The SMILES string of the molecule is CC(C)O.CC(C)O.CC(O)N(C)C.[Ti]. The van der Waals surface area contributed by atoms with Crippen molar-refractivity contribution in [3.05, 3.63) is 0 Å². The summed E-state index contributed by atoms with van der Waals surface area (Å²) < 4.78 is 0. The minimum Gasteiger partial charge on any atom is -0.394 e. The van der Waals surface area contributed by atoms with Crippen molar-refractivity contribution < 1.29 is 37.0 Å². The molecule has 0 aromatic heterocycles. The zero-order valence-electron chi connectivity index (χ0n) is 11.0. The standard InChI is InChI=1S/C4H11NO.2C3H8O.Ti/c1-4(6)5(2)3;2*1-3(2)4;/h4,6H,1-3H3;2*3-4H,1-2H3;. The van der Waals surface area contributed by atoms with Gasteiger partial charge in [0, 0.05) is 33.9 Å². The molecule has 0 bridgehead atoms. The van der Waals surface area contributed by atoms with Crippen LogP contribution in [0.25, 0.3) is 0 Å². The van der Waals surface area contributed by atoms with Crippen LogP contribution in [0.1, 0.15) is 34.6 Å². The largest absolute Gasteiger partial charge is 0.394 e. The van der Waals surface area contributed by atoms with Crippen molar-refractivity contribution in [2.75, 3.05) is 14.1 Å². The van der Waals surface area contributed by atoms with Gasteiger partial charge in [0.25, 0.3) is 0 Å². The van der Waals surface area contributed by atoms with Crippen LogP contribution in [0.4, 0.5) is 0 Å². The van der Waals surface area contributed by atoms with Crippen molar-refractivity contribution in [1.29, 1.82) is 0 Å². The fourth-order valence-corrected chi connectivity index (χ4v) is 0. The third-order valence-corrected chi connectivity index (χ3v) is 0.747. The van der Waals surface area contributed by atoms with Crippen LogP contribution in [0.5, 0.6) is 0 Å². The van der Waals surface area contributed by atoms with E-state index < -0.39 is 0 Å². The number of aliphatic hydroxyl groups excluding tert-OH is 3. The van der Waals surface area contributed by atoms with Crippen molar-refractivity contribution in [1.82, 2.24) is 4.90 Å². The summed E-state index contributed by atoms with van der Waals surface area (Å²) in [5, 5.41) is 24.7. The molecule has 0 aliphatic heterocycles. The molecule has 1 atom stereocenters. The monoisotopic (exact) mass is 257 g/mol. The predicted molar refractivity (Wildman–Crippen MR) is 60.1 cm³/mol. The van der Waals surface area contributed by atoms with Gasteiger partial charge >= 0.3 is 0 Å². The van der Waals surface area contributed by atoms with Gasteiger partial charge in [-0.15, -0.1) is 0 Å². The Morgan fingerprint density at radius 2 is 0.800 bits per heavy atom. The van der Waals surface area contributed by atoms with Crippen LogP contribution < -0.4 is 0 Å². The van der Waals surface area contributed by atoms with E-state index in [4.69, 9.17) is 15.3 Å². The molecule has 0 aromatic carbocycles. The number of nitrogens with zero attached hydrogens (tertiary/aromatic N) is 1. The van der Waals surface area contributed by atoms with Crippen LogP contribution in [-0.4, -0.2) is 52.8 Å². The Kier molecular flexibility index (Phi) is 27.9. The van der Waals surface area contributed by atoms with Gasteiger partial charge in [-0.3, -0.25) is 4.90 Å². The first-order chi connectivity index (χ1) is 6.11. The summed E-state index contributed by atoms with van der Waals surface area (Å²) in [4.78, 5) is 1.72. The number of hydrogen-bond acceptors (Lipinski definition) is 4. The molecule has 94 valence electrons. The molecule has 0 saturated carbocycles. The van der Waals surface area contributed by atoms with E-state index in [2.05, 4.69) is 0 Å². The number of hydrogen-bond donors (Lipinski definition) is 3. The first-order valence-electron chi connectivity index (χ1n) is 4.81. The summed E-state index contributed by atoms with van der Waals surface area (Å²) in [5.41, 5.74) is 0. The average molecular weight is 257 g/mol. The Hall–Kier alpha value is 0.554. The van der Waals surface area contributed by atoms with E-state index >= 15 is 0 Å². The van der Waals surface area contributed by atoms with E-state index in [1.165, 1.54) is 0 Å². The van der Waals surface area contributed by atoms with Gasteiger partial charge in [0.15, 0.2) is 0 Å². The second-order valence-electron chi connectivity index (χ2n) is 3.78. The summed E-state index contributed by atoms with van der Waals surface area (Å²) in [6.45, 7) is 8.61. The molecular formula is C10H27NO3Ti. The molecule has 0 aliphatic rings. The van der Waals surface area contributed by atoms with Crippen LogP contribution in [0, 0.1) is 0 Å². The fraction of sp³-hybridized carbons (Fsp3) is 1.00. The molecule has 15 heavy (non-hydrogen) atoms. The van der Waals surface area contributed by atoms with E-state index in [1.54, 1.807) is 39.5 Å². The molecule has 0 spiro atoms. The molecule has 3 N–H and O–H groups in total. The predicted octanol–water partition coefficient (Wildman–Crippen LogP) is 0.658. The first-order valence-corrected chi connectivity index (χ1v) is 4.81. The fourth-order valence-electron chi connectivity index (χ4n) is 0. The van der Waals surface area contributed by atoms with Crippen molar-refractivity contribution in [2.24, 2.45) is 0 Å². The van der Waals surface area contributed by atoms with Gasteiger partial charge in [-0.2, -0.15) is 0 Å². The molecule has 0 fully saturated rings. The molecule has 0 heterocycles. The molecule has 0 amide bonds. The quantitative estimate of drug-likeness (QED) is 0.477. The first kappa shape index (κ1) is 24.7. The Balaban J connectivity index is -0.0000000606. The topological polar surface area (TPSA) is 63.9 Å². The molecule has 4 nitrogen and oxygen atoms in total. The van der Waals surface area contributed by atoms with Crippen LogP contribution in [-0.2, 0) is 21.7 Å². The van der Waals surface area contributed by atoms with E-state index in [1.807, 2.05) is 14.1 Å². The van der Waals surface area contributed by atoms with Crippen molar-refractivity contribution in [3.63, 3.8) is 0 Å². The summed E-state index contributed by atoms with van der Waals surface area (Å²) in [6, 6.07) is 0. The Morgan fingerprint density at radius 3 is 0.800 bits per heavy atom. The van der Waals surface area contributed by atoms with Crippen LogP contribution >= 0.6 is 0 Å². The maximum atomic E-state index is 8.56. The zero-order valence-corrected chi connectivity index (χ0v) is 12.6. The summed E-state index contributed by atoms with van der Waals surface area (Å²) in [6.07, 6.45) is -0.648. The van der Waals surface area contributed by atoms with Crippen molar-refractivity contribution in [3.8, 4) is 0 Å². The van der Waals surface area contributed by atoms with Crippen molar-refractivity contribution >= 4 is 0 Å². The van der Waals surface area contributed by atoms with E-state index in [0.717, 1.165) is 0 Å². The second-order valence-corrected chi connectivity index (χ2v) is 3.78. The van der Waals surface area contributed by atoms with Gasteiger partial charge < -0.3 is 15.3 Å². The summed E-state index contributed by atoms with van der Waals surface area (Å²) in [7, 11) is 3.65. The molecule has 0 radical (unpaired) electrons. The Bertz CT molecular complexity index is 81.2. The molecule has 0 saturated heterocycles. The minimum atomic E-state index is -0.315. The van der Waals surface area contributed by atoms with Gasteiger partial charge in [0.05, 0.1) is 0 Å². The third kappa shape index (κ3) is 111. The Morgan fingerprint density at radius 1 is 0.733 bits per heavy atom. The van der Waals surface area contributed by atoms with E-state index in [9.17, 15) is 0 Å².